The zero-order chi connectivity index (χ0) is 27.2. The van der Waals surface area contributed by atoms with Crippen molar-refractivity contribution >= 4 is 11.6 Å². The van der Waals surface area contributed by atoms with Crippen LogP contribution in [-0.2, 0) is 20.9 Å². The van der Waals surface area contributed by atoms with Gasteiger partial charge in [0.15, 0.2) is 6.29 Å². The molecule has 1 amide bonds. The standard InChI is InChI=1S/C30H36N2O6/c1-19-28(17-32(3)16-27(36)24-5-4-6-26(35)15-24)37-30(23-11-13-25(14-12-23)31-20(2)34)38-29(19)22-9-7-21(18-33)8-10-22/h4-15,19,27-30,33,35-36H,16-18H2,1-3H3,(H,31,34). The summed E-state index contributed by atoms with van der Waals surface area (Å²) >= 11 is 0. The number of amides is 1. The minimum atomic E-state index is -0.763. The Morgan fingerprint density at radius 2 is 1.71 bits per heavy atom. The molecule has 5 unspecified atom stereocenters. The highest BCUT2D eigenvalue weighted by Crippen LogP contribution is 2.42. The second-order valence-corrected chi connectivity index (χ2v) is 9.96. The van der Waals surface area contributed by atoms with Crippen molar-refractivity contribution < 1.29 is 29.6 Å². The van der Waals surface area contributed by atoms with Crippen molar-refractivity contribution in [3.8, 4) is 5.75 Å². The van der Waals surface area contributed by atoms with E-state index in [-0.39, 0.29) is 36.4 Å². The Balaban J connectivity index is 1.53. The summed E-state index contributed by atoms with van der Waals surface area (Å²) in [5, 5.41) is 32.7. The summed E-state index contributed by atoms with van der Waals surface area (Å²) in [7, 11) is 1.93. The molecular weight excluding hydrogens is 484 g/mol. The van der Waals surface area contributed by atoms with Gasteiger partial charge in [0, 0.05) is 37.2 Å². The number of aromatic hydroxyl groups is 1. The van der Waals surface area contributed by atoms with Crippen molar-refractivity contribution in [2.45, 2.75) is 45.1 Å². The van der Waals surface area contributed by atoms with E-state index in [4.69, 9.17) is 9.47 Å². The van der Waals surface area contributed by atoms with Gasteiger partial charge in [-0.05, 0) is 48.0 Å². The number of likely N-dealkylation sites (N-methyl/N-ethyl adjacent to an activating group) is 1. The van der Waals surface area contributed by atoms with Crippen LogP contribution in [0.5, 0.6) is 5.75 Å². The number of ether oxygens (including phenoxy) is 2. The lowest BCUT2D eigenvalue weighted by Gasteiger charge is -2.42. The van der Waals surface area contributed by atoms with Crippen LogP contribution in [0.1, 0.15) is 54.6 Å². The second-order valence-electron chi connectivity index (χ2n) is 9.96. The lowest BCUT2D eigenvalue weighted by atomic mass is 9.90. The molecule has 0 aliphatic carbocycles. The first-order valence-electron chi connectivity index (χ1n) is 12.8. The molecule has 8 heteroatoms. The molecule has 1 aliphatic heterocycles. The van der Waals surface area contributed by atoms with Gasteiger partial charge in [-0.25, -0.2) is 0 Å². The van der Waals surface area contributed by atoms with Crippen LogP contribution in [0.25, 0.3) is 0 Å². The number of phenolic OH excluding ortho intramolecular Hbond substituents is 1. The summed E-state index contributed by atoms with van der Waals surface area (Å²) in [5.74, 6) is -0.0302. The van der Waals surface area contributed by atoms with E-state index in [0.29, 0.717) is 24.3 Å². The van der Waals surface area contributed by atoms with E-state index in [0.717, 1.165) is 16.7 Å². The summed E-state index contributed by atoms with van der Waals surface area (Å²) in [4.78, 5) is 13.4. The Morgan fingerprint density at radius 1 is 1.03 bits per heavy atom. The van der Waals surface area contributed by atoms with Gasteiger partial charge in [0.2, 0.25) is 5.91 Å². The molecule has 4 rings (SSSR count). The molecule has 3 aromatic rings. The number of rotatable bonds is 9. The first kappa shape index (κ1) is 27.8. The van der Waals surface area contributed by atoms with Gasteiger partial charge in [-0.3, -0.25) is 4.79 Å². The second kappa shape index (κ2) is 12.5. The average Bonchev–Trinajstić information content (AvgIpc) is 2.90. The highest BCUT2D eigenvalue weighted by Gasteiger charge is 2.39. The smallest absolute Gasteiger partial charge is 0.221 e. The van der Waals surface area contributed by atoms with Gasteiger partial charge in [-0.15, -0.1) is 0 Å². The van der Waals surface area contributed by atoms with Crippen molar-refractivity contribution in [2.24, 2.45) is 5.92 Å². The maximum Gasteiger partial charge on any atom is 0.221 e. The van der Waals surface area contributed by atoms with Gasteiger partial charge in [0.1, 0.15) is 5.75 Å². The molecule has 3 aromatic carbocycles. The number of nitrogens with one attached hydrogen (secondary N) is 1. The molecular formula is C30H36N2O6. The topological polar surface area (TPSA) is 111 Å². The van der Waals surface area contributed by atoms with Gasteiger partial charge in [0.25, 0.3) is 0 Å². The quantitative estimate of drug-likeness (QED) is 0.333. The average molecular weight is 521 g/mol. The minimum Gasteiger partial charge on any atom is -0.508 e. The Bertz CT molecular complexity index is 1200. The molecule has 0 aromatic heterocycles. The summed E-state index contributed by atoms with van der Waals surface area (Å²) in [5.41, 5.74) is 3.99. The number of benzene rings is 3. The van der Waals surface area contributed by atoms with Gasteiger partial charge in [0.05, 0.1) is 24.9 Å². The predicted octanol–water partition coefficient (Wildman–Crippen LogP) is 4.30. The number of anilines is 1. The first-order valence-corrected chi connectivity index (χ1v) is 12.8. The molecule has 0 bridgehead atoms. The van der Waals surface area contributed by atoms with Crippen LogP contribution in [0.2, 0.25) is 0 Å². The fraction of sp³-hybridized carbons (Fsp3) is 0.367. The number of nitrogens with zero attached hydrogens (tertiary/aromatic N) is 1. The molecule has 8 nitrogen and oxygen atoms in total. The van der Waals surface area contributed by atoms with Crippen molar-refractivity contribution in [2.75, 3.05) is 25.5 Å². The number of aliphatic hydroxyl groups excluding tert-OH is 2. The third kappa shape index (κ3) is 6.98. The molecule has 202 valence electrons. The van der Waals surface area contributed by atoms with E-state index in [2.05, 4.69) is 12.2 Å². The lowest BCUT2D eigenvalue weighted by Crippen LogP contribution is -2.44. The van der Waals surface area contributed by atoms with Gasteiger partial charge in [-0.2, -0.15) is 0 Å². The Hall–Kier alpha value is -3.27. The molecule has 0 spiro atoms. The van der Waals surface area contributed by atoms with Crippen LogP contribution in [0, 0.1) is 5.92 Å². The van der Waals surface area contributed by atoms with E-state index in [1.54, 1.807) is 24.3 Å². The highest BCUT2D eigenvalue weighted by molar-refractivity contribution is 5.88. The molecule has 1 heterocycles. The van der Waals surface area contributed by atoms with E-state index in [1.165, 1.54) is 6.92 Å². The predicted molar refractivity (Wildman–Crippen MR) is 144 cm³/mol. The number of aliphatic hydroxyl groups is 2. The Kier molecular flexibility index (Phi) is 9.14. The zero-order valence-corrected chi connectivity index (χ0v) is 21.9. The summed E-state index contributed by atoms with van der Waals surface area (Å²) < 4.78 is 12.9. The van der Waals surface area contributed by atoms with E-state index < -0.39 is 12.4 Å². The van der Waals surface area contributed by atoms with Crippen LogP contribution in [0.4, 0.5) is 5.69 Å². The van der Waals surface area contributed by atoms with Crippen LogP contribution in [0.3, 0.4) is 0 Å². The fourth-order valence-electron chi connectivity index (χ4n) is 4.77. The fourth-order valence-corrected chi connectivity index (χ4v) is 4.77. The van der Waals surface area contributed by atoms with Crippen LogP contribution >= 0.6 is 0 Å². The number of phenols is 1. The molecule has 4 N–H and O–H groups in total. The zero-order valence-electron chi connectivity index (χ0n) is 21.9. The van der Waals surface area contributed by atoms with Gasteiger partial charge < -0.3 is 35.0 Å². The third-order valence-electron chi connectivity index (χ3n) is 6.86. The summed E-state index contributed by atoms with van der Waals surface area (Å²) in [6.45, 7) is 4.44. The lowest BCUT2D eigenvalue weighted by molar-refractivity contribution is -0.276. The SMILES string of the molecule is CC(=O)Nc1ccc(C2OC(CN(C)CC(O)c3cccc(O)c3)C(C)C(c3ccc(CO)cc3)O2)cc1. The number of carbonyl (C=O) groups excluding carboxylic acids is 1. The molecule has 1 saturated heterocycles. The van der Waals surface area contributed by atoms with Crippen molar-refractivity contribution in [1.29, 1.82) is 0 Å². The highest BCUT2D eigenvalue weighted by atomic mass is 16.7. The Labute approximate surface area is 223 Å². The van der Waals surface area contributed by atoms with Crippen molar-refractivity contribution in [3.63, 3.8) is 0 Å². The molecule has 38 heavy (non-hydrogen) atoms. The van der Waals surface area contributed by atoms with Crippen LogP contribution in [-0.4, -0.2) is 52.4 Å². The normalized spacial score (nSPS) is 22.3. The van der Waals surface area contributed by atoms with E-state index in [9.17, 15) is 20.1 Å². The third-order valence-corrected chi connectivity index (χ3v) is 6.86. The summed E-state index contributed by atoms with van der Waals surface area (Å²) in [6, 6.07) is 21.8. The largest absolute Gasteiger partial charge is 0.508 e. The van der Waals surface area contributed by atoms with E-state index in [1.807, 2.05) is 60.5 Å². The molecule has 0 saturated carbocycles. The molecule has 1 aliphatic rings. The molecule has 1 fully saturated rings. The first-order chi connectivity index (χ1) is 18.2. The van der Waals surface area contributed by atoms with Gasteiger partial charge in [-0.1, -0.05) is 55.5 Å². The van der Waals surface area contributed by atoms with Gasteiger partial charge >= 0.3 is 0 Å². The minimum absolute atomic E-state index is 0.00904. The maximum absolute atomic E-state index is 11.4. The van der Waals surface area contributed by atoms with Crippen LogP contribution in [0.15, 0.2) is 72.8 Å². The molecule has 0 radical (unpaired) electrons. The van der Waals surface area contributed by atoms with Crippen molar-refractivity contribution in [1.82, 2.24) is 4.90 Å². The number of hydrogen-bond acceptors (Lipinski definition) is 7. The maximum atomic E-state index is 11.4. The van der Waals surface area contributed by atoms with Crippen LogP contribution < -0.4 is 5.32 Å². The van der Waals surface area contributed by atoms with E-state index >= 15 is 0 Å². The van der Waals surface area contributed by atoms with Crippen molar-refractivity contribution in [3.05, 3.63) is 95.1 Å². The summed E-state index contributed by atoms with van der Waals surface area (Å²) in [6.07, 6.45) is -1.87. The number of hydrogen-bond donors (Lipinski definition) is 4. The number of carbonyl (C=O) groups is 1. The molecule has 5 atom stereocenters. The Morgan fingerprint density at radius 3 is 2.34 bits per heavy atom. The monoisotopic (exact) mass is 520 g/mol.